The second-order valence-corrected chi connectivity index (χ2v) is 3.20. The van der Waals surface area contributed by atoms with E-state index in [9.17, 15) is 10.2 Å². The van der Waals surface area contributed by atoms with Crippen molar-refractivity contribution in [1.82, 2.24) is 6.15 Å². The summed E-state index contributed by atoms with van der Waals surface area (Å²) in [6.45, 7) is 5.83. The molecule has 2 unspecified atom stereocenters. The molecule has 6 N–H and O–H groups in total. The molecule has 0 spiro atoms. The van der Waals surface area contributed by atoms with Crippen LogP contribution in [0.25, 0.3) is 0 Å². The molecular weight excluding hydrogens is 194 g/mol. The third-order valence-electron chi connectivity index (χ3n) is 2.01. The van der Waals surface area contributed by atoms with Gasteiger partial charge in [0.2, 0.25) is 0 Å². The van der Waals surface area contributed by atoms with Crippen LogP contribution in [-0.4, -0.2) is 33.1 Å². The highest BCUT2D eigenvalue weighted by atomic mass is 35.5. The zero-order chi connectivity index (χ0) is 9.12. The summed E-state index contributed by atoms with van der Waals surface area (Å²) in [6, 6.07) is 0. The number of hydrogen-bond donors (Lipinski definition) is 4. The lowest BCUT2D eigenvalue weighted by molar-refractivity contribution is -0.150. The van der Waals surface area contributed by atoms with E-state index in [1.54, 1.807) is 0 Å². The molecule has 82 valence electrons. The van der Waals surface area contributed by atoms with Gasteiger partial charge in [-0.2, -0.15) is 0 Å². The van der Waals surface area contributed by atoms with Crippen molar-refractivity contribution >= 4 is 12.4 Å². The van der Waals surface area contributed by atoms with Gasteiger partial charge in [-0.05, 0) is 20.3 Å². The van der Waals surface area contributed by atoms with Gasteiger partial charge >= 0.3 is 0 Å². The molecule has 0 aromatic rings. The van der Waals surface area contributed by atoms with Crippen LogP contribution in [0.1, 0.15) is 20.3 Å². The molecule has 0 aliphatic heterocycles. The fourth-order valence-electron chi connectivity index (χ4n) is 0.671. The van der Waals surface area contributed by atoms with Gasteiger partial charge in [-0.1, -0.05) is 6.08 Å². The molecule has 0 aliphatic rings. The van der Waals surface area contributed by atoms with Crippen LogP contribution >= 0.6 is 12.4 Å². The third kappa shape index (κ3) is 4.59. The summed E-state index contributed by atoms with van der Waals surface area (Å²) < 4.78 is 0. The van der Waals surface area contributed by atoms with E-state index in [1.807, 2.05) is 0 Å². The molecule has 13 heavy (non-hydrogen) atoms. The van der Waals surface area contributed by atoms with Crippen molar-refractivity contribution in [3.8, 4) is 0 Å². The summed E-state index contributed by atoms with van der Waals surface area (Å²) in [6.07, 6.45) is 1.75. The van der Waals surface area contributed by atoms with Crippen LogP contribution < -0.4 is 6.15 Å². The van der Waals surface area contributed by atoms with Gasteiger partial charge in [0.1, 0.15) is 5.60 Å². The first-order valence-electron chi connectivity index (χ1n) is 3.54. The summed E-state index contributed by atoms with van der Waals surface area (Å²) in [4.78, 5) is 0. The lowest BCUT2D eigenvalue weighted by atomic mass is 9.84. The quantitative estimate of drug-likeness (QED) is 0.516. The lowest BCUT2D eigenvalue weighted by Gasteiger charge is -2.36. The molecule has 0 fully saturated rings. The Hall–Kier alpha value is -0.130. The normalized spacial score (nSPS) is 18.5. The van der Waals surface area contributed by atoms with Gasteiger partial charge < -0.3 is 21.5 Å². The van der Waals surface area contributed by atoms with Crippen molar-refractivity contribution < 1.29 is 15.3 Å². The van der Waals surface area contributed by atoms with Crippen LogP contribution in [0, 0.1) is 0 Å². The predicted molar refractivity (Wildman–Crippen MR) is 55.4 cm³/mol. The Kier molecular flexibility index (Phi) is 9.08. The van der Waals surface area contributed by atoms with Crippen molar-refractivity contribution in [3.05, 3.63) is 12.7 Å². The van der Waals surface area contributed by atoms with Gasteiger partial charge in [0.05, 0.1) is 12.2 Å². The maximum Gasteiger partial charge on any atom is 0.113 e. The summed E-state index contributed by atoms with van der Waals surface area (Å²) in [5.74, 6) is 0. The molecule has 0 amide bonds. The van der Waals surface area contributed by atoms with Gasteiger partial charge in [-0.25, -0.2) is 0 Å². The number of halogens is 1. The van der Waals surface area contributed by atoms with Crippen molar-refractivity contribution in [3.63, 3.8) is 0 Å². The summed E-state index contributed by atoms with van der Waals surface area (Å²) in [5, 5.41) is 27.7. The van der Waals surface area contributed by atoms with Crippen LogP contribution in [0.5, 0.6) is 0 Å². The standard InChI is InChI=1S/C8H16O3.ClH.H3N/c1-4-5-7(2,10)8(3,11)6-9;;/h4,9-11H,1,5-6H2,2-3H3;1H;1H3. The molecule has 0 saturated heterocycles. The van der Waals surface area contributed by atoms with Gasteiger partial charge in [0.15, 0.2) is 0 Å². The molecule has 2 atom stereocenters. The minimum atomic E-state index is -1.47. The highest BCUT2D eigenvalue weighted by molar-refractivity contribution is 5.85. The Bertz CT molecular complexity index is 148. The average Bonchev–Trinajstić information content (AvgIpc) is 1.87. The van der Waals surface area contributed by atoms with Crippen molar-refractivity contribution in [1.29, 1.82) is 0 Å². The first kappa shape index (κ1) is 18.6. The first-order valence-corrected chi connectivity index (χ1v) is 3.54. The molecule has 0 saturated carbocycles. The van der Waals surface area contributed by atoms with E-state index in [2.05, 4.69) is 6.58 Å². The summed E-state index contributed by atoms with van der Waals surface area (Å²) >= 11 is 0. The van der Waals surface area contributed by atoms with E-state index < -0.39 is 17.8 Å². The third-order valence-corrected chi connectivity index (χ3v) is 2.01. The fraction of sp³-hybridized carbons (Fsp3) is 0.750. The first-order chi connectivity index (χ1) is 4.87. The lowest BCUT2D eigenvalue weighted by Crippen LogP contribution is -2.52. The van der Waals surface area contributed by atoms with Crippen molar-refractivity contribution in [2.75, 3.05) is 6.61 Å². The Morgan fingerprint density at radius 2 is 1.62 bits per heavy atom. The molecule has 0 rings (SSSR count). The zero-order valence-electron chi connectivity index (χ0n) is 8.16. The minimum Gasteiger partial charge on any atom is -0.393 e. The number of aliphatic hydroxyl groups is 3. The molecule has 0 bridgehead atoms. The van der Waals surface area contributed by atoms with E-state index >= 15 is 0 Å². The van der Waals surface area contributed by atoms with E-state index in [0.717, 1.165) is 0 Å². The van der Waals surface area contributed by atoms with Crippen LogP contribution in [0.3, 0.4) is 0 Å². The maximum absolute atomic E-state index is 9.56. The van der Waals surface area contributed by atoms with Gasteiger partial charge in [0, 0.05) is 0 Å². The van der Waals surface area contributed by atoms with Crippen molar-refractivity contribution in [2.45, 2.75) is 31.5 Å². The second-order valence-electron chi connectivity index (χ2n) is 3.20. The van der Waals surface area contributed by atoms with Gasteiger partial charge in [-0.3, -0.25) is 0 Å². The van der Waals surface area contributed by atoms with Crippen LogP contribution in [0.2, 0.25) is 0 Å². The van der Waals surface area contributed by atoms with E-state index in [4.69, 9.17) is 5.11 Å². The molecule has 5 heteroatoms. The number of hydrogen-bond acceptors (Lipinski definition) is 4. The molecule has 0 aliphatic carbocycles. The largest absolute Gasteiger partial charge is 0.393 e. The molecule has 0 heterocycles. The molecule has 0 aromatic carbocycles. The SMILES string of the molecule is C=CCC(C)(O)C(C)(O)CO.Cl.N. The minimum absolute atomic E-state index is 0. The topological polar surface area (TPSA) is 95.7 Å². The molecule has 0 aromatic heterocycles. The van der Waals surface area contributed by atoms with Gasteiger partial charge in [0.25, 0.3) is 0 Å². The maximum atomic E-state index is 9.56. The Labute approximate surface area is 85.3 Å². The highest BCUT2D eigenvalue weighted by Crippen LogP contribution is 2.24. The number of aliphatic hydroxyl groups excluding tert-OH is 1. The monoisotopic (exact) mass is 213 g/mol. The fourth-order valence-corrected chi connectivity index (χ4v) is 0.671. The van der Waals surface area contributed by atoms with E-state index in [-0.39, 0.29) is 25.0 Å². The Morgan fingerprint density at radius 1 is 1.23 bits per heavy atom. The highest BCUT2D eigenvalue weighted by Gasteiger charge is 2.39. The van der Waals surface area contributed by atoms with E-state index in [1.165, 1.54) is 19.9 Å². The molecular formula is C8H20ClNO3. The average molecular weight is 214 g/mol. The van der Waals surface area contributed by atoms with Crippen LogP contribution in [0.4, 0.5) is 0 Å². The van der Waals surface area contributed by atoms with E-state index in [0.29, 0.717) is 0 Å². The molecule has 4 nitrogen and oxygen atoms in total. The predicted octanol–water partition coefficient (Wildman–Crippen LogP) is 0.641. The van der Waals surface area contributed by atoms with Crippen molar-refractivity contribution in [2.24, 2.45) is 0 Å². The van der Waals surface area contributed by atoms with Crippen LogP contribution in [0.15, 0.2) is 12.7 Å². The molecule has 0 radical (unpaired) electrons. The summed E-state index contributed by atoms with van der Waals surface area (Å²) in [7, 11) is 0. The smallest absolute Gasteiger partial charge is 0.113 e. The number of rotatable bonds is 4. The zero-order valence-corrected chi connectivity index (χ0v) is 8.97. The Morgan fingerprint density at radius 3 is 1.85 bits per heavy atom. The second kappa shape index (κ2) is 6.34. The summed E-state index contributed by atoms with van der Waals surface area (Å²) in [5.41, 5.74) is -2.79. The van der Waals surface area contributed by atoms with Gasteiger partial charge in [-0.15, -0.1) is 19.0 Å². The Balaban J connectivity index is -0.000000500. The van der Waals surface area contributed by atoms with Crippen LogP contribution in [-0.2, 0) is 0 Å².